The summed E-state index contributed by atoms with van der Waals surface area (Å²) in [5, 5.41) is 0. The van der Waals surface area contributed by atoms with E-state index in [0.717, 1.165) is 26.1 Å². The smallest absolute Gasteiger partial charge is 0.0271 e. The molecule has 0 N–H and O–H groups in total. The number of rotatable bonds is 4. The zero-order chi connectivity index (χ0) is 14.7. The maximum atomic E-state index is 4.08. The molecule has 0 spiro atoms. The Hall–Kier alpha value is -1.71. The van der Waals surface area contributed by atoms with Crippen LogP contribution in [0.3, 0.4) is 0 Å². The van der Waals surface area contributed by atoms with Crippen LogP contribution in [0, 0.1) is 0 Å². The SMILES string of the molecule is CN(Cc1ccncc1)CC1Cc2ccccc2CN1C. The fraction of sp³-hybridized carbons (Fsp3) is 0.389. The Bertz CT molecular complexity index is 582. The van der Waals surface area contributed by atoms with Crippen molar-refractivity contribution < 1.29 is 0 Å². The predicted octanol–water partition coefficient (Wildman–Crippen LogP) is 2.57. The summed E-state index contributed by atoms with van der Waals surface area (Å²) in [6.45, 7) is 3.13. The van der Waals surface area contributed by atoms with Crippen molar-refractivity contribution in [1.29, 1.82) is 0 Å². The number of fused-ring (bicyclic) bond motifs is 1. The van der Waals surface area contributed by atoms with E-state index in [1.165, 1.54) is 16.7 Å². The molecule has 0 saturated heterocycles. The van der Waals surface area contributed by atoms with Gasteiger partial charge in [-0.3, -0.25) is 9.88 Å². The van der Waals surface area contributed by atoms with Crippen LogP contribution in [0.25, 0.3) is 0 Å². The van der Waals surface area contributed by atoms with Gasteiger partial charge >= 0.3 is 0 Å². The van der Waals surface area contributed by atoms with Crippen LogP contribution in [0.1, 0.15) is 16.7 Å². The van der Waals surface area contributed by atoms with E-state index in [-0.39, 0.29) is 0 Å². The van der Waals surface area contributed by atoms with Gasteiger partial charge in [0.25, 0.3) is 0 Å². The van der Waals surface area contributed by atoms with E-state index < -0.39 is 0 Å². The molecule has 21 heavy (non-hydrogen) atoms. The molecule has 1 aliphatic rings. The van der Waals surface area contributed by atoms with Gasteiger partial charge in [0.1, 0.15) is 0 Å². The van der Waals surface area contributed by atoms with Gasteiger partial charge in [0, 0.05) is 38.1 Å². The Morgan fingerprint density at radius 2 is 1.86 bits per heavy atom. The normalized spacial score (nSPS) is 18.7. The minimum Gasteiger partial charge on any atom is -0.301 e. The van der Waals surface area contributed by atoms with E-state index in [0.29, 0.717) is 6.04 Å². The zero-order valence-corrected chi connectivity index (χ0v) is 12.9. The van der Waals surface area contributed by atoms with Crippen molar-refractivity contribution in [2.45, 2.75) is 25.6 Å². The van der Waals surface area contributed by atoms with E-state index >= 15 is 0 Å². The second kappa shape index (κ2) is 6.37. The first-order valence-corrected chi connectivity index (χ1v) is 7.57. The summed E-state index contributed by atoms with van der Waals surface area (Å²) in [4.78, 5) is 8.96. The summed E-state index contributed by atoms with van der Waals surface area (Å²) in [6.07, 6.45) is 4.88. The van der Waals surface area contributed by atoms with Crippen LogP contribution in [0.5, 0.6) is 0 Å². The Kier molecular flexibility index (Phi) is 4.32. The lowest BCUT2D eigenvalue weighted by atomic mass is 9.94. The van der Waals surface area contributed by atoms with Gasteiger partial charge in [-0.25, -0.2) is 0 Å². The van der Waals surface area contributed by atoms with E-state index in [1.54, 1.807) is 0 Å². The summed E-state index contributed by atoms with van der Waals surface area (Å²) < 4.78 is 0. The molecule has 3 heteroatoms. The van der Waals surface area contributed by atoms with Crippen molar-refractivity contribution in [3.63, 3.8) is 0 Å². The highest BCUT2D eigenvalue weighted by atomic mass is 15.2. The van der Waals surface area contributed by atoms with E-state index in [9.17, 15) is 0 Å². The van der Waals surface area contributed by atoms with Gasteiger partial charge in [-0.2, -0.15) is 0 Å². The molecule has 110 valence electrons. The Morgan fingerprint density at radius 1 is 1.14 bits per heavy atom. The van der Waals surface area contributed by atoms with Gasteiger partial charge in [-0.15, -0.1) is 0 Å². The molecule has 0 fully saturated rings. The number of likely N-dealkylation sites (N-methyl/N-ethyl adjacent to an activating group) is 2. The number of nitrogens with zero attached hydrogens (tertiary/aromatic N) is 3. The van der Waals surface area contributed by atoms with Gasteiger partial charge in [0.05, 0.1) is 0 Å². The molecule has 2 heterocycles. The summed E-state index contributed by atoms with van der Waals surface area (Å²) in [7, 11) is 4.44. The third-order valence-electron chi connectivity index (χ3n) is 4.34. The molecule has 0 aliphatic carbocycles. The molecule has 0 saturated carbocycles. The maximum absolute atomic E-state index is 4.08. The van der Waals surface area contributed by atoms with Crippen LogP contribution < -0.4 is 0 Å². The first-order valence-electron chi connectivity index (χ1n) is 7.57. The van der Waals surface area contributed by atoms with Crippen LogP contribution in [0.15, 0.2) is 48.8 Å². The zero-order valence-electron chi connectivity index (χ0n) is 12.9. The van der Waals surface area contributed by atoms with Crippen LogP contribution in [0.4, 0.5) is 0 Å². The number of pyridine rings is 1. The standard InChI is InChI=1S/C18H23N3/c1-20(12-15-7-9-19-10-8-15)14-18-11-16-5-3-4-6-17(16)13-21(18)2/h3-10,18H,11-14H2,1-2H3. The number of hydrogen-bond acceptors (Lipinski definition) is 3. The molecule has 0 radical (unpaired) electrons. The van der Waals surface area contributed by atoms with E-state index in [2.05, 4.69) is 65.3 Å². The number of hydrogen-bond donors (Lipinski definition) is 0. The van der Waals surface area contributed by atoms with Gasteiger partial charge in [-0.1, -0.05) is 24.3 Å². The highest BCUT2D eigenvalue weighted by molar-refractivity contribution is 5.30. The second-order valence-corrected chi connectivity index (χ2v) is 6.09. The fourth-order valence-corrected chi connectivity index (χ4v) is 3.15. The minimum absolute atomic E-state index is 0.590. The van der Waals surface area contributed by atoms with Gasteiger partial charge in [0.2, 0.25) is 0 Å². The van der Waals surface area contributed by atoms with Gasteiger partial charge in [-0.05, 0) is 49.3 Å². The van der Waals surface area contributed by atoms with E-state index in [1.807, 2.05) is 12.4 Å². The van der Waals surface area contributed by atoms with Crippen molar-refractivity contribution in [1.82, 2.24) is 14.8 Å². The van der Waals surface area contributed by atoms with Crippen molar-refractivity contribution in [2.24, 2.45) is 0 Å². The highest BCUT2D eigenvalue weighted by Crippen LogP contribution is 2.22. The van der Waals surface area contributed by atoms with Crippen molar-refractivity contribution in [3.05, 3.63) is 65.5 Å². The lowest BCUT2D eigenvalue weighted by molar-refractivity contribution is 0.158. The summed E-state index contributed by atoms with van der Waals surface area (Å²) in [5.41, 5.74) is 4.32. The maximum Gasteiger partial charge on any atom is 0.0271 e. The molecule has 3 nitrogen and oxygen atoms in total. The minimum atomic E-state index is 0.590. The van der Waals surface area contributed by atoms with Crippen LogP contribution >= 0.6 is 0 Å². The molecule has 1 aromatic carbocycles. The first-order chi connectivity index (χ1) is 10.2. The van der Waals surface area contributed by atoms with Crippen LogP contribution in [-0.4, -0.2) is 41.5 Å². The summed E-state index contributed by atoms with van der Waals surface area (Å²) in [5.74, 6) is 0. The topological polar surface area (TPSA) is 19.4 Å². The molecule has 3 rings (SSSR count). The van der Waals surface area contributed by atoms with Crippen molar-refractivity contribution in [3.8, 4) is 0 Å². The Balaban J connectivity index is 1.63. The molecule has 0 bridgehead atoms. The molecule has 1 unspecified atom stereocenters. The van der Waals surface area contributed by atoms with Gasteiger partial charge in [0.15, 0.2) is 0 Å². The first kappa shape index (κ1) is 14.2. The molecule has 1 aliphatic heterocycles. The molecule has 2 aromatic rings. The summed E-state index contributed by atoms with van der Waals surface area (Å²) >= 11 is 0. The quantitative estimate of drug-likeness (QED) is 0.858. The predicted molar refractivity (Wildman–Crippen MR) is 86.0 cm³/mol. The van der Waals surface area contributed by atoms with Crippen molar-refractivity contribution >= 4 is 0 Å². The lowest BCUT2D eigenvalue weighted by Gasteiger charge is -2.36. The molecule has 1 aromatic heterocycles. The van der Waals surface area contributed by atoms with Crippen LogP contribution in [-0.2, 0) is 19.5 Å². The Labute approximate surface area is 127 Å². The average Bonchev–Trinajstić information content (AvgIpc) is 2.49. The number of aromatic nitrogens is 1. The van der Waals surface area contributed by atoms with Crippen molar-refractivity contribution in [2.75, 3.05) is 20.6 Å². The third kappa shape index (κ3) is 3.49. The molecule has 0 amide bonds. The van der Waals surface area contributed by atoms with E-state index in [4.69, 9.17) is 0 Å². The average molecular weight is 281 g/mol. The molecular formula is C18H23N3. The molecular weight excluding hydrogens is 258 g/mol. The Morgan fingerprint density at radius 3 is 2.62 bits per heavy atom. The highest BCUT2D eigenvalue weighted by Gasteiger charge is 2.23. The number of benzene rings is 1. The third-order valence-corrected chi connectivity index (χ3v) is 4.34. The fourth-order valence-electron chi connectivity index (χ4n) is 3.15. The second-order valence-electron chi connectivity index (χ2n) is 6.09. The summed E-state index contributed by atoms with van der Waals surface area (Å²) in [6, 6.07) is 13.6. The molecule has 1 atom stereocenters. The monoisotopic (exact) mass is 281 g/mol. The largest absolute Gasteiger partial charge is 0.301 e. The van der Waals surface area contributed by atoms with Gasteiger partial charge < -0.3 is 4.90 Å². The lowest BCUT2D eigenvalue weighted by Crippen LogP contribution is -2.44. The van der Waals surface area contributed by atoms with Crippen LogP contribution in [0.2, 0.25) is 0 Å².